The van der Waals surface area contributed by atoms with Crippen molar-refractivity contribution >= 4 is 11.6 Å². The van der Waals surface area contributed by atoms with E-state index in [-0.39, 0.29) is 10.7 Å². The molecule has 0 bridgehead atoms. The minimum atomic E-state index is -0.428. The van der Waals surface area contributed by atoms with Crippen molar-refractivity contribution in [1.82, 2.24) is 14.5 Å². The van der Waals surface area contributed by atoms with Gasteiger partial charge in [0.05, 0.1) is 0 Å². The molecule has 1 heterocycles. The van der Waals surface area contributed by atoms with Crippen LogP contribution in [0.15, 0.2) is 9.59 Å². The summed E-state index contributed by atoms with van der Waals surface area (Å²) in [5.41, 5.74) is -0.330. The highest BCUT2D eigenvalue weighted by molar-refractivity contribution is 6.30. The second-order valence-corrected chi connectivity index (χ2v) is 5.06. The number of hydrogen-bond acceptors (Lipinski definition) is 3. The molecule has 18 heavy (non-hydrogen) atoms. The summed E-state index contributed by atoms with van der Waals surface area (Å²) in [7, 11) is 0. The fraction of sp³-hybridized carbons (Fsp3) is 0.667. The van der Waals surface area contributed by atoms with Crippen molar-refractivity contribution in [1.29, 1.82) is 0 Å². The van der Waals surface area contributed by atoms with E-state index < -0.39 is 5.69 Å². The van der Waals surface area contributed by atoms with Crippen LogP contribution in [0, 0.1) is 6.92 Å². The lowest BCUT2D eigenvalue weighted by atomic mass is 10.3. The minimum Gasteiger partial charge on any atom is -0.299 e. The van der Waals surface area contributed by atoms with Gasteiger partial charge in [0.25, 0.3) is 5.56 Å². The van der Waals surface area contributed by atoms with Crippen LogP contribution in [0.4, 0.5) is 0 Å². The molecule has 5 nitrogen and oxygen atoms in total. The smallest absolute Gasteiger partial charge is 0.299 e. The molecule has 0 amide bonds. The molecule has 1 aliphatic carbocycles. The number of aromatic nitrogens is 2. The molecule has 0 saturated heterocycles. The minimum absolute atomic E-state index is 0.135. The van der Waals surface area contributed by atoms with E-state index in [1.165, 1.54) is 17.4 Å². The molecule has 1 N–H and O–H groups in total. The molecule has 1 aliphatic rings. The van der Waals surface area contributed by atoms with Crippen LogP contribution in [0.3, 0.4) is 0 Å². The zero-order valence-corrected chi connectivity index (χ0v) is 11.5. The predicted octanol–water partition coefficient (Wildman–Crippen LogP) is 0.983. The van der Waals surface area contributed by atoms with Crippen LogP contribution in [0.5, 0.6) is 0 Å². The number of aromatic amines is 1. The summed E-state index contributed by atoms with van der Waals surface area (Å²) in [5, 5.41) is 0.135. The summed E-state index contributed by atoms with van der Waals surface area (Å²) < 4.78 is 1.23. The zero-order chi connectivity index (χ0) is 13.3. The molecule has 1 saturated carbocycles. The molecule has 1 aromatic heterocycles. The lowest BCUT2D eigenvalue weighted by molar-refractivity contribution is 0.263. The van der Waals surface area contributed by atoms with Gasteiger partial charge in [-0.3, -0.25) is 19.2 Å². The van der Waals surface area contributed by atoms with Gasteiger partial charge in [0.15, 0.2) is 0 Å². The first-order valence-corrected chi connectivity index (χ1v) is 6.65. The monoisotopic (exact) mass is 271 g/mol. The van der Waals surface area contributed by atoms with Crippen LogP contribution < -0.4 is 11.2 Å². The molecule has 6 heteroatoms. The second kappa shape index (κ2) is 5.28. The molecule has 0 aliphatic heterocycles. The van der Waals surface area contributed by atoms with Gasteiger partial charge in [-0.05, 0) is 26.3 Å². The molecule has 1 aromatic rings. The summed E-state index contributed by atoms with van der Waals surface area (Å²) in [6.07, 6.45) is 2.44. The Morgan fingerprint density at radius 2 is 2.11 bits per heavy atom. The average Bonchev–Trinajstić information content (AvgIpc) is 3.15. The Morgan fingerprint density at radius 3 is 2.67 bits per heavy atom. The molecule has 0 aromatic carbocycles. The van der Waals surface area contributed by atoms with E-state index in [9.17, 15) is 9.59 Å². The number of hydrogen-bond donors (Lipinski definition) is 1. The Labute approximate surface area is 110 Å². The van der Waals surface area contributed by atoms with Crippen molar-refractivity contribution in [3.63, 3.8) is 0 Å². The van der Waals surface area contributed by atoms with Crippen molar-refractivity contribution in [3.05, 3.63) is 31.6 Å². The third-order valence-electron chi connectivity index (χ3n) is 3.44. The van der Waals surface area contributed by atoms with Crippen molar-refractivity contribution in [2.45, 2.75) is 39.3 Å². The molecule has 2 rings (SSSR count). The SMILES string of the molecule is CCN(CCn1c(=O)[nH]c(Cl)c(C)c1=O)C1CC1. The summed E-state index contributed by atoms with van der Waals surface area (Å²) in [6, 6.07) is 0.637. The molecule has 0 spiro atoms. The molecule has 100 valence electrons. The van der Waals surface area contributed by atoms with Gasteiger partial charge in [-0.15, -0.1) is 0 Å². The van der Waals surface area contributed by atoms with Crippen LogP contribution in [0.1, 0.15) is 25.3 Å². The van der Waals surface area contributed by atoms with Gasteiger partial charge in [0, 0.05) is 24.7 Å². The van der Waals surface area contributed by atoms with Gasteiger partial charge < -0.3 is 0 Å². The van der Waals surface area contributed by atoms with Crippen molar-refractivity contribution in [2.75, 3.05) is 13.1 Å². The van der Waals surface area contributed by atoms with E-state index in [0.29, 0.717) is 18.2 Å². The van der Waals surface area contributed by atoms with Gasteiger partial charge in [-0.1, -0.05) is 18.5 Å². The highest BCUT2D eigenvalue weighted by Crippen LogP contribution is 2.26. The summed E-state index contributed by atoms with van der Waals surface area (Å²) in [5.74, 6) is 0. The average molecular weight is 272 g/mol. The number of rotatable bonds is 5. The Hall–Kier alpha value is -1.07. The Balaban J connectivity index is 2.16. The first kappa shape index (κ1) is 13.4. The first-order valence-electron chi connectivity index (χ1n) is 6.27. The molecule has 0 radical (unpaired) electrons. The Kier molecular flexibility index (Phi) is 3.92. The van der Waals surface area contributed by atoms with E-state index in [0.717, 1.165) is 13.1 Å². The van der Waals surface area contributed by atoms with Crippen LogP contribution in [0.2, 0.25) is 5.15 Å². The van der Waals surface area contributed by atoms with Gasteiger partial charge in [-0.25, -0.2) is 4.79 Å². The van der Waals surface area contributed by atoms with Crippen molar-refractivity contribution < 1.29 is 0 Å². The lowest BCUT2D eigenvalue weighted by Gasteiger charge is -2.19. The van der Waals surface area contributed by atoms with E-state index in [4.69, 9.17) is 11.6 Å². The quantitative estimate of drug-likeness (QED) is 0.813. The lowest BCUT2D eigenvalue weighted by Crippen LogP contribution is -2.40. The highest BCUT2D eigenvalue weighted by Gasteiger charge is 2.27. The number of likely N-dealkylation sites (N-methyl/N-ethyl adjacent to an activating group) is 1. The predicted molar refractivity (Wildman–Crippen MR) is 71.3 cm³/mol. The van der Waals surface area contributed by atoms with Gasteiger partial charge in [0.2, 0.25) is 0 Å². The third-order valence-corrected chi connectivity index (χ3v) is 3.82. The zero-order valence-electron chi connectivity index (χ0n) is 10.7. The topological polar surface area (TPSA) is 58.1 Å². The summed E-state index contributed by atoms with van der Waals surface area (Å²) in [6.45, 7) is 5.81. The molecule has 1 fully saturated rings. The number of halogens is 1. The van der Waals surface area contributed by atoms with Crippen LogP contribution in [-0.2, 0) is 6.54 Å². The van der Waals surface area contributed by atoms with Gasteiger partial charge in [0.1, 0.15) is 5.15 Å². The Morgan fingerprint density at radius 1 is 1.44 bits per heavy atom. The Bertz CT molecular complexity index is 545. The number of H-pyrrole nitrogens is 1. The highest BCUT2D eigenvalue weighted by atomic mass is 35.5. The van der Waals surface area contributed by atoms with Crippen LogP contribution >= 0.6 is 11.6 Å². The molecular weight excluding hydrogens is 254 g/mol. The van der Waals surface area contributed by atoms with Crippen LogP contribution in [0.25, 0.3) is 0 Å². The van der Waals surface area contributed by atoms with Gasteiger partial charge >= 0.3 is 5.69 Å². The molecule has 0 unspecified atom stereocenters. The molecule has 0 atom stereocenters. The fourth-order valence-corrected chi connectivity index (χ4v) is 2.28. The number of nitrogens with one attached hydrogen (secondary N) is 1. The van der Waals surface area contributed by atoms with E-state index >= 15 is 0 Å². The van der Waals surface area contributed by atoms with E-state index in [1.54, 1.807) is 6.92 Å². The fourth-order valence-electron chi connectivity index (χ4n) is 2.11. The first-order chi connectivity index (χ1) is 8.54. The summed E-state index contributed by atoms with van der Waals surface area (Å²) >= 11 is 5.76. The normalized spacial score (nSPS) is 15.3. The standard InChI is InChI=1S/C12H18ClN3O2/c1-3-15(9-4-5-9)6-7-16-11(17)8(2)10(13)14-12(16)18/h9H,3-7H2,1-2H3,(H,14,18). The van der Waals surface area contributed by atoms with Gasteiger partial charge in [-0.2, -0.15) is 0 Å². The number of nitrogens with zero attached hydrogens (tertiary/aromatic N) is 2. The molecular formula is C12H18ClN3O2. The maximum Gasteiger partial charge on any atom is 0.329 e. The van der Waals surface area contributed by atoms with E-state index in [2.05, 4.69) is 16.8 Å². The maximum absolute atomic E-state index is 11.9. The second-order valence-electron chi connectivity index (χ2n) is 4.69. The maximum atomic E-state index is 11.9. The van der Waals surface area contributed by atoms with E-state index in [1.807, 2.05) is 0 Å². The van der Waals surface area contributed by atoms with Crippen LogP contribution in [-0.4, -0.2) is 33.6 Å². The largest absolute Gasteiger partial charge is 0.329 e. The third kappa shape index (κ3) is 2.67. The van der Waals surface area contributed by atoms with Crippen molar-refractivity contribution in [2.24, 2.45) is 0 Å². The van der Waals surface area contributed by atoms with Crippen molar-refractivity contribution in [3.8, 4) is 0 Å². The summed E-state index contributed by atoms with van der Waals surface area (Å²) in [4.78, 5) is 28.4.